The Bertz CT molecular complexity index is 1760. The highest BCUT2D eigenvalue weighted by molar-refractivity contribution is 6.22. The summed E-state index contributed by atoms with van der Waals surface area (Å²) in [6.45, 7) is 3.02. The number of pyridine rings is 1. The van der Waals surface area contributed by atoms with Crippen molar-refractivity contribution in [2.24, 2.45) is 4.99 Å². The van der Waals surface area contributed by atoms with Crippen LogP contribution in [0.25, 0.3) is 0 Å². The van der Waals surface area contributed by atoms with Crippen molar-refractivity contribution in [1.29, 1.82) is 0 Å². The van der Waals surface area contributed by atoms with Gasteiger partial charge < -0.3 is 25.0 Å². The highest BCUT2D eigenvalue weighted by Gasteiger charge is 2.42. The fourth-order valence-corrected chi connectivity index (χ4v) is 6.05. The number of nitrogens with zero attached hydrogens (tertiary/aromatic N) is 4. The number of aromatic amines is 1. The van der Waals surface area contributed by atoms with E-state index in [0.29, 0.717) is 33.8 Å². The molecule has 44 heavy (non-hydrogen) atoms. The number of nitro groups is 1. The predicted octanol–water partition coefficient (Wildman–Crippen LogP) is 2.81. The highest BCUT2D eigenvalue weighted by Crippen LogP contribution is 2.37. The van der Waals surface area contributed by atoms with Gasteiger partial charge in [-0.2, -0.15) is 0 Å². The number of carbonyl (C=O) groups excluding carboxylic acids is 2. The van der Waals surface area contributed by atoms with Crippen LogP contribution in [0, 0.1) is 17.0 Å². The molecule has 3 N–H and O–H groups in total. The van der Waals surface area contributed by atoms with Crippen molar-refractivity contribution < 1.29 is 24.4 Å². The second-order valence-electron chi connectivity index (χ2n) is 11.4. The Morgan fingerprint density at radius 1 is 1.16 bits per heavy atom. The number of carbonyl (C=O) groups is 2. The lowest BCUT2D eigenvalue weighted by atomic mass is 10.00. The van der Waals surface area contributed by atoms with Gasteiger partial charge in [0.05, 0.1) is 38.7 Å². The van der Waals surface area contributed by atoms with Gasteiger partial charge in [-0.3, -0.25) is 34.4 Å². The molecule has 3 aliphatic rings. The topological polar surface area (TPSA) is 170 Å². The van der Waals surface area contributed by atoms with Gasteiger partial charge in [-0.15, -0.1) is 0 Å². The molecular formula is C31H32N6O7. The van der Waals surface area contributed by atoms with Gasteiger partial charge in [0, 0.05) is 30.8 Å². The molecule has 0 aliphatic carbocycles. The molecule has 0 radical (unpaired) electrons. The Morgan fingerprint density at radius 3 is 2.61 bits per heavy atom. The molecule has 0 spiro atoms. The number of ether oxygens (including phenoxy) is 1. The number of para-hydroxylation sites is 1. The van der Waals surface area contributed by atoms with Crippen LogP contribution >= 0.6 is 0 Å². The number of nitrogens with one attached hydrogen (secondary N) is 2. The summed E-state index contributed by atoms with van der Waals surface area (Å²) in [5.41, 5.74) is 3.02. The van der Waals surface area contributed by atoms with Crippen LogP contribution in [0.1, 0.15) is 50.2 Å². The fraction of sp³-hybridized carbons (Fsp3) is 0.355. The maximum Gasteiger partial charge on any atom is 0.313 e. The van der Waals surface area contributed by atoms with Crippen LogP contribution in [-0.4, -0.2) is 87.8 Å². The monoisotopic (exact) mass is 600 g/mol. The summed E-state index contributed by atoms with van der Waals surface area (Å²) in [7, 11) is 2.02. The number of aromatic nitrogens is 1. The number of fused-ring (bicyclic) bond motifs is 2. The summed E-state index contributed by atoms with van der Waals surface area (Å²) < 4.78 is 5.55. The number of nitro benzene ring substituents is 1. The van der Waals surface area contributed by atoms with Crippen molar-refractivity contribution in [1.82, 2.24) is 14.8 Å². The van der Waals surface area contributed by atoms with Crippen molar-refractivity contribution in [3.8, 4) is 5.75 Å². The summed E-state index contributed by atoms with van der Waals surface area (Å²) in [6, 6.07) is 9.59. The molecule has 3 aromatic rings. The smallest absolute Gasteiger partial charge is 0.313 e. The standard InChI is InChI=1S/C31H32N6O7/c1-17-4-3-5-26(28(17)37(42)43)44-16-20(38)15-33-23-6-9-32-29(39)27(23)25-13-18-12-21-22(14-24(18)34-25)31(41)36(30(21)40)19-7-10-35(2)11-8-19/h3-6,9,12,14,19-20,38H,7-8,10-11,13,15-16H2,1-2H3,(H2,32,33,39). The molecule has 2 amide bonds. The number of imide groups is 1. The zero-order valence-corrected chi connectivity index (χ0v) is 24.3. The Morgan fingerprint density at radius 2 is 1.89 bits per heavy atom. The molecular weight excluding hydrogens is 568 g/mol. The van der Waals surface area contributed by atoms with E-state index in [1.807, 2.05) is 7.05 Å². The van der Waals surface area contributed by atoms with Gasteiger partial charge in [0.15, 0.2) is 5.75 Å². The molecule has 3 aliphatic heterocycles. The van der Waals surface area contributed by atoms with Crippen molar-refractivity contribution in [2.45, 2.75) is 38.3 Å². The molecule has 228 valence electrons. The molecule has 6 rings (SSSR count). The third kappa shape index (κ3) is 5.35. The van der Waals surface area contributed by atoms with Gasteiger partial charge >= 0.3 is 5.69 Å². The lowest BCUT2D eigenvalue weighted by Crippen LogP contribution is -2.46. The van der Waals surface area contributed by atoms with Crippen LogP contribution in [0.5, 0.6) is 5.75 Å². The molecule has 13 heteroatoms. The number of aliphatic hydroxyl groups excluding tert-OH is 1. The number of likely N-dealkylation sites (tertiary alicyclic amines) is 1. The number of aliphatic hydroxyl groups is 1. The number of aliphatic imine (C=N–C) groups is 1. The lowest BCUT2D eigenvalue weighted by Gasteiger charge is -2.33. The van der Waals surface area contributed by atoms with Crippen molar-refractivity contribution in [3.05, 3.63) is 90.9 Å². The van der Waals surface area contributed by atoms with Gasteiger partial charge in [-0.05, 0) is 69.7 Å². The first-order valence-corrected chi connectivity index (χ1v) is 14.4. The summed E-state index contributed by atoms with van der Waals surface area (Å²) in [5, 5.41) is 25.1. The zero-order valence-electron chi connectivity index (χ0n) is 24.3. The Labute approximate surface area is 252 Å². The van der Waals surface area contributed by atoms with Crippen LogP contribution in [0.15, 0.2) is 52.4 Å². The van der Waals surface area contributed by atoms with Crippen molar-refractivity contribution >= 4 is 34.6 Å². The van der Waals surface area contributed by atoms with Gasteiger partial charge in [-0.1, -0.05) is 12.1 Å². The van der Waals surface area contributed by atoms with E-state index < -0.39 is 16.6 Å². The SMILES string of the molecule is Cc1cccc(OCC(O)CNc2cc[nH]c(=O)c2C2=Nc3cc4c(cc3C2)C(=O)N(C2CCN(C)CC2)C4=O)c1[N+](=O)[O-]. The van der Waals surface area contributed by atoms with Crippen LogP contribution in [0.2, 0.25) is 0 Å². The van der Waals surface area contributed by atoms with E-state index in [4.69, 9.17) is 4.74 Å². The van der Waals surface area contributed by atoms with Gasteiger partial charge in [-0.25, -0.2) is 0 Å². The second kappa shape index (κ2) is 11.7. The van der Waals surface area contributed by atoms with E-state index in [1.54, 1.807) is 37.3 Å². The fourth-order valence-electron chi connectivity index (χ4n) is 6.05. The van der Waals surface area contributed by atoms with E-state index in [9.17, 15) is 29.6 Å². The Hall–Kier alpha value is -4.88. The number of hydrogen-bond acceptors (Lipinski definition) is 10. The molecule has 1 saturated heterocycles. The first-order valence-electron chi connectivity index (χ1n) is 14.4. The Balaban J connectivity index is 1.17. The van der Waals surface area contributed by atoms with Crippen molar-refractivity contribution in [3.63, 3.8) is 0 Å². The number of H-pyrrole nitrogens is 1. The van der Waals surface area contributed by atoms with Gasteiger partial charge in [0.25, 0.3) is 17.4 Å². The van der Waals surface area contributed by atoms with E-state index >= 15 is 0 Å². The molecule has 13 nitrogen and oxygen atoms in total. The minimum absolute atomic E-state index is 0.0135. The number of benzene rings is 2. The quantitative estimate of drug-likeness (QED) is 0.190. The van der Waals surface area contributed by atoms with Gasteiger partial charge in [0.1, 0.15) is 12.7 Å². The van der Waals surface area contributed by atoms with E-state index in [-0.39, 0.29) is 54.4 Å². The number of aryl methyl sites for hydroxylation is 1. The maximum atomic E-state index is 13.3. The number of amides is 2. The van der Waals surface area contributed by atoms with E-state index in [2.05, 4.69) is 20.2 Å². The summed E-state index contributed by atoms with van der Waals surface area (Å²) >= 11 is 0. The zero-order chi connectivity index (χ0) is 31.1. The average Bonchev–Trinajstić information content (AvgIpc) is 3.51. The van der Waals surface area contributed by atoms with Crippen LogP contribution in [0.4, 0.5) is 17.1 Å². The normalized spacial score (nSPS) is 17.3. The molecule has 1 aromatic heterocycles. The molecule has 4 heterocycles. The highest BCUT2D eigenvalue weighted by atomic mass is 16.6. The third-order valence-corrected chi connectivity index (χ3v) is 8.38. The Kier molecular flexibility index (Phi) is 7.74. The van der Waals surface area contributed by atoms with Crippen LogP contribution < -0.4 is 15.6 Å². The largest absolute Gasteiger partial charge is 0.484 e. The van der Waals surface area contributed by atoms with Crippen molar-refractivity contribution in [2.75, 3.05) is 38.6 Å². The predicted molar refractivity (Wildman–Crippen MR) is 162 cm³/mol. The van der Waals surface area contributed by atoms with Crippen LogP contribution in [-0.2, 0) is 6.42 Å². The first kappa shape index (κ1) is 29.2. The molecule has 2 aromatic carbocycles. The summed E-state index contributed by atoms with van der Waals surface area (Å²) in [4.78, 5) is 61.4. The summed E-state index contributed by atoms with van der Waals surface area (Å²) in [5.74, 6) is -0.539. The minimum Gasteiger partial charge on any atom is -0.484 e. The number of rotatable bonds is 9. The van der Waals surface area contributed by atoms with Gasteiger partial charge in [0.2, 0.25) is 0 Å². The minimum atomic E-state index is -1.06. The molecule has 0 bridgehead atoms. The molecule has 1 atom stereocenters. The first-order chi connectivity index (χ1) is 21.1. The lowest BCUT2D eigenvalue weighted by molar-refractivity contribution is -0.386. The summed E-state index contributed by atoms with van der Waals surface area (Å²) in [6.07, 6.45) is 2.17. The molecule has 0 saturated carbocycles. The number of anilines is 1. The number of piperidine rings is 1. The number of hydrogen-bond donors (Lipinski definition) is 3. The molecule has 1 unspecified atom stereocenters. The van der Waals surface area contributed by atoms with Crippen LogP contribution in [0.3, 0.4) is 0 Å². The third-order valence-electron chi connectivity index (χ3n) is 8.38. The van der Waals surface area contributed by atoms with E-state index in [1.165, 1.54) is 17.2 Å². The van der Waals surface area contributed by atoms with E-state index in [0.717, 1.165) is 31.5 Å². The maximum absolute atomic E-state index is 13.3. The average molecular weight is 601 g/mol. The molecule has 1 fully saturated rings. The second-order valence-corrected chi connectivity index (χ2v) is 11.4.